The van der Waals surface area contributed by atoms with Crippen LogP contribution in [0.5, 0.6) is 0 Å². The van der Waals surface area contributed by atoms with Crippen LogP contribution in [-0.2, 0) is 0 Å². The first-order chi connectivity index (χ1) is 8.97. The van der Waals surface area contributed by atoms with Crippen LogP contribution < -0.4 is 5.32 Å². The van der Waals surface area contributed by atoms with Gasteiger partial charge in [0.25, 0.3) is 5.91 Å². The molecule has 2 aromatic rings. The van der Waals surface area contributed by atoms with Gasteiger partial charge in [-0.15, -0.1) is 0 Å². The van der Waals surface area contributed by atoms with Crippen LogP contribution in [0.2, 0.25) is 5.02 Å². The van der Waals surface area contributed by atoms with Crippen LogP contribution in [-0.4, -0.2) is 5.91 Å². The molecule has 0 radical (unpaired) electrons. The van der Waals surface area contributed by atoms with Crippen molar-refractivity contribution in [3.63, 3.8) is 0 Å². The number of anilines is 1. The lowest BCUT2D eigenvalue weighted by Gasteiger charge is -2.10. The molecule has 0 aliphatic heterocycles. The largest absolute Gasteiger partial charge is 0.321 e. The molecule has 2 nitrogen and oxygen atoms in total. The zero-order chi connectivity index (χ0) is 14.0. The predicted molar refractivity (Wildman–Crippen MR) is 83.0 cm³/mol. The van der Waals surface area contributed by atoms with Gasteiger partial charge in [-0.3, -0.25) is 4.79 Å². The standard InChI is InChI=1S/C15H13BrClNO/c1-9-3-5-12(10(2)7-9)15(19)18-14-6-4-11(16)8-13(14)17/h3-8H,1-2H3,(H,18,19). The normalized spacial score (nSPS) is 10.3. The fourth-order valence-corrected chi connectivity index (χ4v) is 2.57. The number of halogens is 2. The van der Waals surface area contributed by atoms with Crippen LogP contribution in [0.4, 0.5) is 5.69 Å². The van der Waals surface area contributed by atoms with Gasteiger partial charge in [0.1, 0.15) is 0 Å². The maximum absolute atomic E-state index is 12.2. The predicted octanol–water partition coefficient (Wildman–Crippen LogP) is 4.97. The summed E-state index contributed by atoms with van der Waals surface area (Å²) >= 11 is 9.41. The molecule has 2 aromatic carbocycles. The molecule has 0 saturated carbocycles. The second kappa shape index (κ2) is 5.76. The molecule has 0 saturated heterocycles. The van der Waals surface area contributed by atoms with Crippen molar-refractivity contribution in [2.45, 2.75) is 13.8 Å². The smallest absolute Gasteiger partial charge is 0.255 e. The summed E-state index contributed by atoms with van der Waals surface area (Å²) in [6, 6.07) is 11.1. The first-order valence-corrected chi connectivity index (χ1v) is 6.98. The molecule has 98 valence electrons. The maximum Gasteiger partial charge on any atom is 0.255 e. The summed E-state index contributed by atoms with van der Waals surface area (Å²) in [5.41, 5.74) is 3.35. The highest BCUT2D eigenvalue weighted by Crippen LogP contribution is 2.26. The Kier molecular flexibility index (Phi) is 4.27. The van der Waals surface area contributed by atoms with E-state index < -0.39 is 0 Å². The van der Waals surface area contributed by atoms with Gasteiger partial charge in [0.2, 0.25) is 0 Å². The van der Waals surface area contributed by atoms with E-state index in [-0.39, 0.29) is 5.91 Å². The zero-order valence-corrected chi connectivity index (χ0v) is 13.0. The fourth-order valence-electron chi connectivity index (χ4n) is 1.85. The van der Waals surface area contributed by atoms with Gasteiger partial charge in [0.05, 0.1) is 10.7 Å². The van der Waals surface area contributed by atoms with Crippen molar-refractivity contribution in [2.75, 3.05) is 5.32 Å². The zero-order valence-electron chi connectivity index (χ0n) is 10.6. The van der Waals surface area contributed by atoms with E-state index in [4.69, 9.17) is 11.6 Å². The number of benzene rings is 2. The molecule has 1 N–H and O–H groups in total. The van der Waals surface area contributed by atoms with E-state index in [1.165, 1.54) is 0 Å². The molecule has 19 heavy (non-hydrogen) atoms. The highest BCUT2D eigenvalue weighted by molar-refractivity contribution is 9.10. The van der Waals surface area contributed by atoms with E-state index in [9.17, 15) is 4.79 Å². The van der Waals surface area contributed by atoms with Crippen molar-refractivity contribution in [3.8, 4) is 0 Å². The molecular weight excluding hydrogens is 326 g/mol. The Morgan fingerprint density at radius 3 is 2.53 bits per heavy atom. The number of carbonyl (C=O) groups is 1. The Hall–Kier alpha value is -1.32. The van der Waals surface area contributed by atoms with Crippen molar-refractivity contribution in [1.82, 2.24) is 0 Å². The average molecular weight is 339 g/mol. The Morgan fingerprint density at radius 2 is 1.89 bits per heavy atom. The molecular formula is C15H13BrClNO. The highest BCUT2D eigenvalue weighted by atomic mass is 79.9. The number of hydrogen-bond donors (Lipinski definition) is 1. The second-order valence-corrected chi connectivity index (χ2v) is 5.72. The number of carbonyl (C=O) groups excluding carboxylic acids is 1. The van der Waals surface area contributed by atoms with Gasteiger partial charge >= 0.3 is 0 Å². The van der Waals surface area contributed by atoms with E-state index >= 15 is 0 Å². The van der Waals surface area contributed by atoms with E-state index in [1.54, 1.807) is 12.1 Å². The van der Waals surface area contributed by atoms with Gasteiger partial charge in [0, 0.05) is 10.0 Å². The van der Waals surface area contributed by atoms with Crippen LogP contribution in [0, 0.1) is 13.8 Å². The summed E-state index contributed by atoms with van der Waals surface area (Å²) in [5, 5.41) is 3.33. The molecule has 0 aromatic heterocycles. The van der Waals surface area contributed by atoms with Crippen molar-refractivity contribution >= 4 is 39.1 Å². The van der Waals surface area contributed by atoms with Crippen molar-refractivity contribution in [1.29, 1.82) is 0 Å². The minimum atomic E-state index is -0.151. The first-order valence-electron chi connectivity index (χ1n) is 5.81. The molecule has 1 amide bonds. The van der Waals surface area contributed by atoms with Crippen LogP contribution in [0.3, 0.4) is 0 Å². The topological polar surface area (TPSA) is 29.1 Å². The van der Waals surface area contributed by atoms with Gasteiger partial charge in [-0.25, -0.2) is 0 Å². The van der Waals surface area contributed by atoms with E-state index in [0.29, 0.717) is 16.3 Å². The molecule has 0 aliphatic carbocycles. The third-order valence-corrected chi connectivity index (χ3v) is 3.61. The number of amides is 1. The van der Waals surface area contributed by atoms with Gasteiger partial charge < -0.3 is 5.32 Å². The van der Waals surface area contributed by atoms with Crippen LogP contribution in [0.25, 0.3) is 0 Å². The van der Waals surface area contributed by atoms with E-state index in [0.717, 1.165) is 15.6 Å². The van der Waals surface area contributed by atoms with Crippen molar-refractivity contribution in [3.05, 3.63) is 62.6 Å². The van der Waals surface area contributed by atoms with Gasteiger partial charge in [-0.2, -0.15) is 0 Å². The molecule has 0 bridgehead atoms. The maximum atomic E-state index is 12.2. The summed E-state index contributed by atoms with van der Waals surface area (Å²) in [6.07, 6.45) is 0. The summed E-state index contributed by atoms with van der Waals surface area (Å²) in [6.45, 7) is 3.92. The van der Waals surface area contributed by atoms with Crippen LogP contribution >= 0.6 is 27.5 Å². The molecule has 0 heterocycles. The van der Waals surface area contributed by atoms with Gasteiger partial charge in [0.15, 0.2) is 0 Å². The summed E-state index contributed by atoms with van der Waals surface area (Å²) in [4.78, 5) is 12.2. The summed E-state index contributed by atoms with van der Waals surface area (Å²) in [7, 11) is 0. The van der Waals surface area contributed by atoms with Crippen molar-refractivity contribution < 1.29 is 4.79 Å². The molecule has 2 rings (SSSR count). The summed E-state index contributed by atoms with van der Waals surface area (Å²) < 4.78 is 0.877. The van der Waals surface area contributed by atoms with Crippen LogP contribution in [0.1, 0.15) is 21.5 Å². The fraction of sp³-hybridized carbons (Fsp3) is 0.133. The minimum Gasteiger partial charge on any atom is -0.321 e. The number of rotatable bonds is 2. The highest BCUT2D eigenvalue weighted by Gasteiger charge is 2.11. The molecule has 4 heteroatoms. The lowest BCUT2D eigenvalue weighted by Crippen LogP contribution is -2.13. The molecule has 0 atom stereocenters. The molecule has 0 fully saturated rings. The Balaban J connectivity index is 2.25. The quantitative estimate of drug-likeness (QED) is 0.823. The molecule has 0 aliphatic rings. The van der Waals surface area contributed by atoms with Crippen LogP contribution in [0.15, 0.2) is 40.9 Å². The van der Waals surface area contributed by atoms with E-state index in [2.05, 4.69) is 21.2 Å². The SMILES string of the molecule is Cc1ccc(C(=O)Nc2ccc(Br)cc2Cl)c(C)c1. The average Bonchev–Trinajstić information content (AvgIpc) is 2.32. The molecule has 0 unspecified atom stereocenters. The van der Waals surface area contributed by atoms with Gasteiger partial charge in [-0.05, 0) is 43.7 Å². The Morgan fingerprint density at radius 1 is 1.16 bits per heavy atom. The van der Waals surface area contributed by atoms with Crippen molar-refractivity contribution in [2.24, 2.45) is 0 Å². The number of nitrogens with one attached hydrogen (secondary N) is 1. The van der Waals surface area contributed by atoms with Gasteiger partial charge in [-0.1, -0.05) is 45.2 Å². The lowest BCUT2D eigenvalue weighted by molar-refractivity contribution is 0.102. The Bertz CT molecular complexity index is 640. The minimum absolute atomic E-state index is 0.151. The number of aryl methyl sites for hydroxylation is 2. The lowest BCUT2D eigenvalue weighted by atomic mass is 10.1. The third-order valence-electron chi connectivity index (χ3n) is 2.81. The second-order valence-electron chi connectivity index (χ2n) is 4.40. The van der Waals surface area contributed by atoms with E-state index in [1.807, 2.05) is 38.1 Å². The summed E-state index contributed by atoms with van der Waals surface area (Å²) in [5.74, 6) is -0.151. The first kappa shape index (κ1) is 14.1. The monoisotopic (exact) mass is 337 g/mol. The Labute approximate surface area is 125 Å². The molecule has 0 spiro atoms. The number of hydrogen-bond acceptors (Lipinski definition) is 1. The third kappa shape index (κ3) is 3.37.